The SMILES string of the molecule is CCc1occc1C(N)Cc1cc(Cl)cc2c1OCC2. The zero-order valence-corrected chi connectivity index (χ0v) is 12.2. The highest BCUT2D eigenvalue weighted by atomic mass is 35.5. The number of nitrogens with two attached hydrogens (primary N) is 1. The van der Waals surface area contributed by atoms with E-state index in [2.05, 4.69) is 6.92 Å². The van der Waals surface area contributed by atoms with E-state index in [-0.39, 0.29) is 6.04 Å². The molecular formula is C16H18ClNO2. The molecule has 2 heterocycles. The number of benzene rings is 1. The smallest absolute Gasteiger partial charge is 0.125 e. The summed E-state index contributed by atoms with van der Waals surface area (Å²) < 4.78 is 11.2. The van der Waals surface area contributed by atoms with Gasteiger partial charge in [-0.05, 0) is 35.7 Å². The molecule has 3 rings (SSSR count). The molecule has 0 bridgehead atoms. The van der Waals surface area contributed by atoms with Crippen molar-refractivity contribution in [3.63, 3.8) is 0 Å². The molecule has 0 spiro atoms. The van der Waals surface area contributed by atoms with Crippen molar-refractivity contribution < 1.29 is 9.15 Å². The van der Waals surface area contributed by atoms with E-state index in [1.165, 1.54) is 5.56 Å². The van der Waals surface area contributed by atoms with Crippen LogP contribution in [-0.2, 0) is 19.3 Å². The second-order valence-electron chi connectivity index (χ2n) is 5.11. The number of halogens is 1. The van der Waals surface area contributed by atoms with Crippen LogP contribution in [0.25, 0.3) is 0 Å². The quantitative estimate of drug-likeness (QED) is 0.935. The molecule has 0 amide bonds. The van der Waals surface area contributed by atoms with Crippen LogP contribution < -0.4 is 10.5 Å². The number of fused-ring (bicyclic) bond motifs is 1. The molecule has 2 aromatic rings. The number of aryl methyl sites for hydroxylation is 1. The minimum Gasteiger partial charge on any atom is -0.493 e. The molecule has 4 heteroatoms. The fourth-order valence-electron chi connectivity index (χ4n) is 2.81. The summed E-state index contributed by atoms with van der Waals surface area (Å²) >= 11 is 6.18. The van der Waals surface area contributed by atoms with Gasteiger partial charge in [0.2, 0.25) is 0 Å². The van der Waals surface area contributed by atoms with E-state index < -0.39 is 0 Å². The first-order chi connectivity index (χ1) is 9.69. The molecule has 0 saturated carbocycles. The Balaban J connectivity index is 1.88. The highest BCUT2D eigenvalue weighted by Crippen LogP contribution is 2.35. The monoisotopic (exact) mass is 291 g/mol. The predicted octanol–water partition coefficient (Wildman–Crippen LogP) is 3.67. The van der Waals surface area contributed by atoms with Crippen molar-refractivity contribution in [1.29, 1.82) is 0 Å². The molecule has 1 atom stereocenters. The maximum atomic E-state index is 6.33. The third-order valence-electron chi connectivity index (χ3n) is 3.77. The van der Waals surface area contributed by atoms with E-state index in [0.29, 0.717) is 6.42 Å². The van der Waals surface area contributed by atoms with Gasteiger partial charge in [0.25, 0.3) is 0 Å². The van der Waals surface area contributed by atoms with Crippen molar-refractivity contribution in [2.45, 2.75) is 32.2 Å². The maximum Gasteiger partial charge on any atom is 0.125 e. The summed E-state index contributed by atoms with van der Waals surface area (Å²) in [7, 11) is 0. The summed E-state index contributed by atoms with van der Waals surface area (Å²) in [6.45, 7) is 2.79. The molecule has 106 valence electrons. The van der Waals surface area contributed by atoms with Gasteiger partial charge in [-0.1, -0.05) is 18.5 Å². The predicted molar refractivity (Wildman–Crippen MR) is 79.4 cm³/mol. The largest absolute Gasteiger partial charge is 0.493 e. The molecule has 0 aliphatic carbocycles. The fraction of sp³-hybridized carbons (Fsp3) is 0.375. The lowest BCUT2D eigenvalue weighted by atomic mass is 9.97. The van der Waals surface area contributed by atoms with Gasteiger partial charge in [-0.25, -0.2) is 0 Å². The number of hydrogen-bond donors (Lipinski definition) is 1. The highest BCUT2D eigenvalue weighted by molar-refractivity contribution is 6.30. The van der Waals surface area contributed by atoms with Gasteiger partial charge < -0.3 is 14.9 Å². The Morgan fingerprint density at radius 1 is 1.40 bits per heavy atom. The van der Waals surface area contributed by atoms with Crippen LogP contribution in [0.2, 0.25) is 5.02 Å². The number of hydrogen-bond acceptors (Lipinski definition) is 3. The van der Waals surface area contributed by atoms with E-state index in [1.54, 1.807) is 6.26 Å². The topological polar surface area (TPSA) is 48.4 Å². The van der Waals surface area contributed by atoms with Crippen molar-refractivity contribution in [3.05, 3.63) is 51.9 Å². The molecule has 1 aromatic carbocycles. The van der Waals surface area contributed by atoms with Gasteiger partial charge in [0, 0.05) is 29.5 Å². The molecule has 20 heavy (non-hydrogen) atoms. The molecule has 0 radical (unpaired) electrons. The van der Waals surface area contributed by atoms with Crippen LogP contribution in [-0.4, -0.2) is 6.61 Å². The summed E-state index contributed by atoms with van der Waals surface area (Å²) in [5.41, 5.74) is 9.67. The third-order valence-corrected chi connectivity index (χ3v) is 3.98. The molecule has 1 aliphatic rings. The fourth-order valence-corrected chi connectivity index (χ4v) is 3.08. The Labute approximate surface area is 123 Å². The van der Waals surface area contributed by atoms with Crippen LogP contribution >= 0.6 is 11.6 Å². The van der Waals surface area contributed by atoms with Crippen LogP contribution in [0.15, 0.2) is 28.9 Å². The molecule has 1 unspecified atom stereocenters. The number of furan rings is 1. The van der Waals surface area contributed by atoms with Gasteiger partial charge in [0.05, 0.1) is 12.9 Å². The Morgan fingerprint density at radius 3 is 3.05 bits per heavy atom. The second kappa shape index (κ2) is 5.51. The van der Waals surface area contributed by atoms with Crippen molar-refractivity contribution in [3.8, 4) is 5.75 Å². The van der Waals surface area contributed by atoms with E-state index in [4.69, 9.17) is 26.5 Å². The first-order valence-electron chi connectivity index (χ1n) is 6.95. The third kappa shape index (κ3) is 2.43. The summed E-state index contributed by atoms with van der Waals surface area (Å²) in [6.07, 6.45) is 4.17. The first kappa shape index (κ1) is 13.5. The van der Waals surface area contributed by atoms with Crippen LogP contribution in [0.4, 0.5) is 0 Å². The van der Waals surface area contributed by atoms with Crippen LogP contribution in [0.1, 0.15) is 35.4 Å². The van der Waals surface area contributed by atoms with Gasteiger partial charge in [-0.15, -0.1) is 0 Å². The Hall–Kier alpha value is -1.45. The zero-order chi connectivity index (χ0) is 14.1. The lowest BCUT2D eigenvalue weighted by Gasteiger charge is -2.14. The summed E-state index contributed by atoms with van der Waals surface area (Å²) in [5, 5.41) is 0.749. The number of rotatable bonds is 4. The molecule has 0 fully saturated rings. The Bertz CT molecular complexity index is 621. The Kier molecular flexibility index (Phi) is 3.72. The van der Waals surface area contributed by atoms with Crippen molar-refractivity contribution in [1.82, 2.24) is 0 Å². The molecular weight excluding hydrogens is 274 g/mol. The van der Waals surface area contributed by atoms with Crippen molar-refractivity contribution in [2.75, 3.05) is 6.61 Å². The van der Waals surface area contributed by atoms with Crippen LogP contribution in [0, 0.1) is 0 Å². The first-order valence-corrected chi connectivity index (χ1v) is 7.32. The van der Waals surface area contributed by atoms with Gasteiger partial charge in [0.1, 0.15) is 11.5 Å². The second-order valence-corrected chi connectivity index (χ2v) is 5.55. The average Bonchev–Trinajstić information content (AvgIpc) is 3.06. The summed E-state index contributed by atoms with van der Waals surface area (Å²) in [4.78, 5) is 0. The molecule has 0 saturated heterocycles. The molecule has 2 N–H and O–H groups in total. The summed E-state index contributed by atoms with van der Waals surface area (Å²) in [6, 6.07) is 5.79. The van der Waals surface area contributed by atoms with Gasteiger partial charge in [-0.3, -0.25) is 0 Å². The van der Waals surface area contributed by atoms with E-state index in [1.807, 2.05) is 18.2 Å². The lowest BCUT2D eigenvalue weighted by Crippen LogP contribution is -2.14. The molecule has 3 nitrogen and oxygen atoms in total. The average molecular weight is 292 g/mol. The van der Waals surface area contributed by atoms with Crippen LogP contribution in [0.3, 0.4) is 0 Å². The Morgan fingerprint density at radius 2 is 2.25 bits per heavy atom. The number of ether oxygens (including phenoxy) is 1. The maximum absolute atomic E-state index is 6.33. The van der Waals surface area contributed by atoms with Gasteiger partial charge in [0.15, 0.2) is 0 Å². The van der Waals surface area contributed by atoms with Crippen molar-refractivity contribution in [2.24, 2.45) is 5.73 Å². The van der Waals surface area contributed by atoms with E-state index in [0.717, 1.165) is 47.1 Å². The van der Waals surface area contributed by atoms with E-state index in [9.17, 15) is 0 Å². The van der Waals surface area contributed by atoms with E-state index >= 15 is 0 Å². The van der Waals surface area contributed by atoms with Gasteiger partial charge >= 0.3 is 0 Å². The minimum atomic E-state index is -0.101. The van der Waals surface area contributed by atoms with Crippen LogP contribution in [0.5, 0.6) is 5.75 Å². The normalized spacial score (nSPS) is 14.9. The van der Waals surface area contributed by atoms with Crippen molar-refractivity contribution >= 4 is 11.6 Å². The molecule has 1 aromatic heterocycles. The standard InChI is InChI=1S/C16H18ClNO2/c1-2-15-13(4-6-19-15)14(18)9-11-8-12(17)7-10-3-5-20-16(10)11/h4,6-8,14H,2-3,5,9,18H2,1H3. The minimum absolute atomic E-state index is 0.101. The zero-order valence-electron chi connectivity index (χ0n) is 11.5. The lowest BCUT2D eigenvalue weighted by molar-refractivity contribution is 0.352. The highest BCUT2D eigenvalue weighted by Gasteiger charge is 2.21. The van der Waals surface area contributed by atoms with Gasteiger partial charge in [-0.2, -0.15) is 0 Å². The molecule has 1 aliphatic heterocycles. The summed E-state index contributed by atoms with van der Waals surface area (Å²) in [5.74, 6) is 1.92.